The van der Waals surface area contributed by atoms with E-state index in [4.69, 9.17) is 17.0 Å². The van der Waals surface area contributed by atoms with Crippen LogP contribution in [-0.2, 0) is 6.54 Å². The average molecular weight is 449 g/mol. The topological polar surface area (TPSA) is 88.8 Å². The van der Waals surface area contributed by atoms with Crippen LogP contribution in [0.5, 0.6) is 5.75 Å². The minimum atomic E-state index is -0.419. The van der Waals surface area contributed by atoms with Gasteiger partial charge in [0.15, 0.2) is 5.11 Å². The fourth-order valence-corrected chi connectivity index (χ4v) is 3.09. The summed E-state index contributed by atoms with van der Waals surface area (Å²) in [6.45, 7) is 4.91. The summed E-state index contributed by atoms with van der Waals surface area (Å²) in [5, 5.41) is 17.6. The Morgan fingerprint density at radius 2 is 1.69 bits per heavy atom. The summed E-state index contributed by atoms with van der Waals surface area (Å²) in [7, 11) is 0. The predicted octanol–water partition coefficient (Wildman–Crippen LogP) is 5.24. The molecule has 2 N–H and O–H groups in total. The zero-order chi connectivity index (χ0) is 22.9. The number of thiocarbonyl (C=S) groups is 1. The van der Waals surface area contributed by atoms with E-state index >= 15 is 0 Å². The fourth-order valence-electron chi connectivity index (χ4n) is 2.88. The molecule has 0 aliphatic carbocycles. The van der Waals surface area contributed by atoms with Crippen LogP contribution < -0.4 is 15.4 Å². The summed E-state index contributed by atoms with van der Waals surface area (Å²) in [4.78, 5) is 15.1. The number of ether oxygens (including phenoxy) is 1. The van der Waals surface area contributed by atoms with Crippen LogP contribution in [0.2, 0.25) is 0 Å². The fraction of sp³-hybridized carbons (Fsp3) is 0.167. The molecule has 0 radical (unpaired) electrons. The first-order valence-corrected chi connectivity index (χ1v) is 10.5. The number of nitro groups is 1. The Balaban J connectivity index is 1.74. The number of aryl methyl sites for hydroxylation is 1. The lowest BCUT2D eigenvalue weighted by Crippen LogP contribution is -2.35. The SMILES string of the molecule is CCOc1ccc(NC(=S)NC(=NCc2ccc([N+](=O)[O-])cc2)c2ccc(C)cc2)cc1. The van der Waals surface area contributed by atoms with Crippen molar-refractivity contribution >= 4 is 34.5 Å². The van der Waals surface area contributed by atoms with Gasteiger partial charge in [-0.05, 0) is 55.9 Å². The molecule has 0 amide bonds. The first-order valence-electron chi connectivity index (χ1n) is 10.1. The van der Waals surface area contributed by atoms with Crippen molar-refractivity contribution in [3.8, 4) is 5.75 Å². The van der Waals surface area contributed by atoms with E-state index in [1.54, 1.807) is 12.1 Å². The first kappa shape index (κ1) is 22.9. The molecule has 3 rings (SSSR count). The molecule has 0 unspecified atom stereocenters. The number of nitro benzene ring substituents is 1. The lowest BCUT2D eigenvalue weighted by atomic mass is 10.1. The maximum absolute atomic E-state index is 10.9. The van der Waals surface area contributed by atoms with Gasteiger partial charge in [-0.1, -0.05) is 42.0 Å². The third kappa shape index (κ3) is 6.61. The molecule has 0 bridgehead atoms. The highest BCUT2D eigenvalue weighted by molar-refractivity contribution is 7.80. The number of anilines is 1. The Bertz CT molecular complexity index is 1100. The van der Waals surface area contributed by atoms with Gasteiger partial charge in [-0.2, -0.15) is 0 Å². The second-order valence-electron chi connectivity index (χ2n) is 6.99. The molecule has 7 nitrogen and oxygen atoms in total. The van der Waals surface area contributed by atoms with Crippen LogP contribution in [0.1, 0.15) is 23.6 Å². The summed E-state index contributed by atoms with van der Waals surface area (Å²) < 4.78 is 5.46. The van der Waals surface area contributed by atoms with Crippen molar-refractivity contribution in [3.05, 3.63) is 99.6 Å². The molecule has 3 aromatic carbocycles. The van der Waals surface area contributed by atoms with E-state index < -0.39 is 4.92 Å². The van der Waals surface area contributed by atoms with Crippen LogP contribution in [0.25, 0.3) is 0 Å². The Hall–Kier alpha value is -3.78. The number of rotatable bonds is 7. The molecule has 0 aromatic heterocycles. The largest absolute Gasteiger partial charge is 0.494 e. The number of aliphatic imine (C=N–C) groups is 1. The van der Waals surface area contributed by atoms with Crippen molar-refractivity contribution in [1.29, 1.82) is 0 Å². The van der Waals surface area contributed by atoms with Crippen molar-refractivity contribution in [2.45, 2.75) is 20.4 Å². The molecule has 3 aromatic rings. The lowest BCUT2D eigenvalue weighted by Gasteiger charge is -2.14. The molecule has 0 heterocycles. The maximum atomic E-state index is 10.9. The van der Waals surface area contributed by atoms with Crippen molar-refractivity contribution in [3.63, 3.8) is 0 Å². The molecular weight excluding hydrogens is 424 g/mol. The van der Waals surface area contributed by atoms with Crippen LogP contribution in [0.15, 0.2) is 77.8 Å². The van der Waals surface area contributed by atoms with Gasteiger partial charge >= 0.3 is 0 Å². The standard InChI is InChI=1S/C24H24N4O3S/c1-3-31-22-14-10-20(11-15-22)26-24(32)27-23(19-8-4-17(2)5-9-19)25-16-18-6-12-21(13-7-18)28(29)30/h4-15H,3,16H2,1-2H3,(H2,25,26,27,32). The lowest BCUT2D eigenvalue weighted by molar-refractivity contribution is -0.384. The number of hydrogen-bond acceptors (Lipinski definition) is 5. The van der Waals surface area contributed by atoms with Crippen molar-refractivity contribution in [2.24, 2.45) is 4.99 Å². The van der Waals surface area contributed by atoms with Gasteiger partial charge in [-0.25, -0.2) is 0 Å². The van der Waals surface area contributed by atoms with Crippen LogP contribution in [-0.4, -0.2) is 22.5 Å². The van der Waals surface area contributed by atoms with Gasteiger partial charge in [0.25, 0.3) is 5.69 Å². The van der Waals surface area contributed by atoms with Gasteiger partial charge in [0.1, 0.15) is 11.6 Å². The number of hydrogen-bond donors (Lipinski definition) is 2. The summed E-state index contributed by atoms with van der Waals surface area (Å²) in [5.74, 6) is 1.40. The zero-order valence-electron chi connectivity index (χ0n) is 17.9. The molecule has 8 heteroatoms. The van der Waals surface area contributed by atoms with Gasteiger partial charge in [-0.15, -0.1) is 0 Å². The summed E-state index contributed by atoms with van der Waals surface area (Å²) in [5.41, 5.74) is 3.75. The first-order chi connectivity index (χ1) is 15.4. The second-order valence-corrected chi connectivity index (χ2v) is 7.40. The third-order valence-electron chi connectivity index (χ3n) is 4.55. The van der Waals surface area contributed by atoms with E-state index in [2.05, 4.69) is 15.6 Å². The van der Waals surface area contributed by atoms with Crippen LogP contribution in [0, 0.1) is 17.0 Å². The van der Waals surface area contributed by atoms with E-state index in [1.165, 1.54) is 12.1 Å². The molecule has 32 heavy (non-hydrogen) atoms. The van der Waals surface area contributed by atoms with Gasteiger partial charge < -0.3 is 15.4 Å². The second kappa shape index (κ2) is 11.0. The molecule has 0 atom stereocenters. The Morgan fingerprint density at radius 3 is 2.28 bits per heavy atom. The van der Waals surface area contributed by atoms with Gasteiger partial charge in [0.2, 0.25) is 0 Å². The molecule has 0 spiro atoms. The van der Waals surface area contributed by atoms with Crippen molar-refractivity contribution < 1.29 is 9.66 Å². The number of benzene rings is 3. The number of nitrogens with one attached hydrogen (secondary N) is 2. The Kier molecular flexibility index (Phi) is 7.88. The van der Waals surface area contributed by atoms with Crippen molar-refractivity contribution in [1.82, 2.24) is 5.32 Å². The van der Waals surface area contributed by atoms with Gasteiger partial charge in [-0.3, -0.25) is 15.1 Å². The van der Waals surface area contributed by atoms with E-state index in [9.17, 15) is 10.1 Å². The quantitative estimate of drug-likeness (QED) is 0.169. The van der Waals surface area contributed by atoms with Gasteiger partial charge in [0.05, 0.1) is 18.1 Å². The van der Waals surface area contributed by atoms with E-state index in [-0.39, 0.29) is 5.69 Å². The van der Waals surface area contributed by atoms with Gasteiger partial charge in [0, 0.05) is 23.4 Å². The molecular formula is C24H24N4O3S. The highest BCUT2D eigenvalue weighted by Crippen LogP contribution is 2.16. The van der Waals surface area contributed by atoms with E-state index in [0.29, 0.717) is 24.1 Å². The predicted molar refractivity (Wildman–Crippen MR) is 131 cm³/mol. The molecule has 0 saturated heterocycles. The summed E-state index contributed by atoms with van der Waals surface area (Å²) in [6, 6.07) is 21.8. The molecule has 0 aliphatic rings. The van der Waals surface area contributed by atoms with E-state index in [0.717, 1.165) is 28.1 Å². The van der Waals surface area contributed by atoms with Crippen molar-refractivity contribution in [2.75, 3.05) is 11.9 Å². The normalized spacial score (nSPS) is 11.0. The van der Waals surface area contributed by atoms with E-state index in [1.807, 2.05) is 62.4 Å². The zero-order valence-corrected chi connectivity index (χ0v) is 18.7. The van der Waals surface area contributed by atoms with Crippen LogP contribution >= 0.6 is 12.2 Å². The molecule has 0 saturated carbocycles. The maximum Gasteiger partial charge on any atom is 0.269 e. The number of amidine groups is 1. The van der Waals surface area contributed by atoms with Crippen LogP contribution in [0.4, 0.5) is 11.4 Å². The average Bonchev–Trinajstić information content (AvgIpc) is 2.79. The molecule has 0 fully saturated rings. The minimum Gasteiger partial charge on any atom is -0.494 e. The third-order valence-corrected chi connectivity index (χ3v) is 4.75. The molecule has 0 aliphatic heterocycles. The van der Waals surface area contributed by atoms with Crippen LogP contribution in [0.3, 0.4) is 0 Å². The highest BCUT2D eigenvalue weighted by atomic mass is 32.1. The summed E-state index contributed by atoms with van der Waals surface area (Å²) in [6.07, 6.45) is 0. The summed E-state index contributed by atoms with van der Waals surface area (Å²) >= 11 is 5.49. The smallest absolute Gasteiger partial charge is 0.269 e. The molecule has 164 valence electrons. The monoisotopic (exact) mass is 448 g/mol. The Labute approximate surface area is 192 Å². The highest BCUT2D eigenvalue weighted by Gasteiger charge is 2.08. The Morgan fingerprint density at radius 1 is 1.03 bits per heavy atom. The number of non-ortho nitro benzene ring substituents is 1. The number of nitrogens with zero attached hydrogens (tertiary/aromatic N) is 2. The minimum absolute atomic E-state index is 0.0512.